The number of ether oxygens (including phenoxy) is 1. The number of hydrogen-bond donors (Lipinski definition) is 2. The summed E-state index contributed by atoms with van der Waals surface area (Å²) in [6.07, 6.45) is 0.941. The molecule has 1 heterocycles. The van der Waals surface area contributed by atoms with Crippen LogP contribution in [0.2, 0.25) is 0 Å². The Labute approximate surface area is 154 Å². The van der Waals surface area contributed by atoms with E-state index in [1.807, 2.05) is 12.1 Å². The normalized spacial score (nSPS) is 16.3. The predicted octanol–water partition coefficient (Wildman–Crippen LogP) is 2.42. The molecule has 5 nitrogen and oxygen atoms in total. The Kier molecular flexibility index (Phi) is 6.77. The van der Waals surface area contributed by atoms with Crippen molar-refractivity contribution < 1.29 is 14.6 Å². The van der Waals surface area contributed by atoms with Crippen molar-refractivity contribution in [3.8, 4) is 0 Å². The minimum atomic E-state index is -0.888. The third-order valence-electron chi connectivity index (χ3n) is 4.68. The van der Waals surface area contributed by atoms with E-state index >= 15 is 0 Å². The first-order valence-corrected chi connectivity index (χ1v) is 9.10. The fourth-order valence-electron chi connectivity index (χ4n) is 3.27. The number of carboxylic acids is 1. The number of carboxylic acid groups (broad SMARTS) is 1. The van der Waals surface area contributed by atoms with Crippen molar-refractivity contribution in [2.45, 2.75) is 19.0 Å². The van der Waals surface area contributed by atoms with Crippen molar-refractivity contribution >= 4 is 5.97 Å². The van der Waals surface area contributed by atoms with Crippen LogP contribution in [-0.2, 0) is 17.7 Å². The zero-order valence-corrected chi connectivity index (χ0v) is 14.9. The Morgan fingerprint density at radius 1 is 1.08 bits per heavy atom. The standard InChI is InChI=1S/C21H26N2O3/c24-21(25)19-8-4-7-18(13-19)15-22-20(14-17-5-2-1-3-6-17)16-23-9-11-26-12-10-23/h1-8,13,20,22H,9-12,14-16H2,(H,24,25). The molecule has 1 unspecified atom stereocenters. The maximum absolute atomic E-state index is 11.2. The molecule has 0 radical (unpaired) electrons. The van der Waals surface area contributed by atoms with Crippen molar-refractivity contribution in [3.05, 3.63) is 71.3 Å². The van der Waals surface area contributed by atoms with E-state index in [9.17, 15) is 4.79 Å². The molecule has 26 heavy (non-hydrogen) atoms. The van der Waals surface area contributed by atoms with E-state index < -0.39 is 5.97 Å². The lowest BCUT2D eigenvalue weighted by atomic mass is 10.0. The topological polar surface area (TPSA) is 61.8 Å². The molecular weight excluding hydrogens is 328 g/mol. The van der Waals surface area contributed by atoms with Gasteiger partial charge in [-0.2, -0.15) is 0 Å². The number of aromatic carboxylic acids is 1. The second-order valence-electron chi connectivity index (χ2n) is 6.69. The van der Waals surface area contributed by atoms with Gasteiger partial charge >= 0.3 is 5.97 Å². The van der Waals surface area contributed by atoms with E-state index in [1.54, 1.807) is 18.2 Å². The number of nitrogens with one attached hydrogen (secondary N) is 1. The summed E-state index contributed by atoms with van der Waals surface area (Å²) in [5.41, 5.74) is 2.62. The Balaban J connectivity index is 1.64. The third kappa shape index (κ3) is 5.66. The van der Waals surface area contributed by atoms with Crippen molar-refractivity contribution in [2.75, 3.05) is 32.8 Å². The molecule has 2 aromatic carbocycles. The van der Waals surface area contributed by atoms with E-state index in [-0.39, 0.29) is 0 Å². The molecule has 2 aromatic rings. The Bertz CT molecular complexity index is 699. The van der Waals surface area contributed by atoms with Gasteiger partial charge < -0.3 is 15.2 Å². The highest BCUT2D eigenvalue weighted by atomic mass is 16.5. The van der Waals surface area contributed by atoms with E-state index in [4.69, 9.17) is 9.84 Å². The van der Waals surface area contributed by atoms with Crippen LogP contribution in [0.1, 0.15) is 21.5 Å². The van der Waals surface area contributed by atoms with Crippen molar-refractivity contribution in [3.63, 3.8) is 0 Å². The Morgan fingerprint density at radius 3 is 2.54 bits per heavy atom. The van der Waals surface area contributed by atoms with Crippen LogP contribution in [0.3, 0.4) is 0 Å². The Hall–Kier alpha value is -2.21. The quantitative estimate of drug-likeness (QED) is 0.762. The first-order chi connectivity index (χ1) is 12.7. The van der Waals surface area contributed by atoms with E-state index in [1.165, 1.54) is 5.56 Å². The van der Waals surface area contributed by atoms with Gasteiger partial charge in [-0.1, -0.05) is 42.5 Å². The van der Waals surface area contributed by atoms with E-state index in [2.05, 4.69) is 34.5 Å². The molecule has 3 rings (SSSR count). The van der Waals surface area contributed by atoms with Crippen LogP contribution < -0.4 is 5.32 Å². The smallest absolute Gasteiger partial charge is 0.335 e. The summed E-state index contributed by atoms with van der Waals surface area (Å²) >= 11 is 0. The number of carbonyl (C=O) groups is 1. The van der Waals surface area contributed by atoms with Gasteiger partial charge in [-0.3, -0.25) is 4.90 Å². The van der Waals surface area contributed by atoms with Crippen LogP contribution in [-0.4, -0.2) is 54.9 Å². The highest BCUT2D eigenvalue weighted by molar-refractivity contribution is 5.87. The predicted molar refractivity (Wildman–Crippen MR) is 101 cm³/mol. The van der Waals surface area contributed by atoms with Crippen LogP contribution in [0, 0.1) is 0 Å². The van der Waals surface area contributed by atoms with Gasteiger partial charge in [0.05, 0.1) is 18.8 Å². The summed E-state index contributed by atoms with van der Waals surface area (Å²) in [5, 5.41) is 12.8. The maximum atomic E-state index is 11.2. The number of nitrogens with zero attached hydrogens (tertiary/aromatic N) is 1. The van der Waals surface area contributed by atoms with Gasteiger partial charge in [0.2, 0.25) is 0 Å². The van der Waals surface area contributed by atoms with Gasteiger partial charge in [0.1, 0.15) is 0 Å². The molecule has 0 bridgehead atoms. The molecule has 0 aliphatic carbocycles. The molecule has 1 aliphatic heterocycles. The molecule has 0 saturated carbocycles. The number of benzene rings is 2. The SMILES string of the molecule is O=C(O)c1cccc(CNC(Cc2ccccc2)CN2CCOCC2)c1. The van der Waals surface area contributed by atoms with Gasteiger partial charge in [-0.05, 0) is 29.7 Å². The first-order valence-electron chi connectivity index (χ1n) is 9.10. The average molecular weight is 354 g/mol. The highest BCUT2D eigenvalue weighted by Crippen LogP contribution is 2.09. The maximum Gasteiger partial charge on any atom is 0.335 e. The number of rotatable bonds is 8. The van der Waals surface area contributed by atoms with E-state index in [0.717, 1.165) is 44.8 Å². The molecule has 5 heteroatoms. The second kappa shape index (κ2) is 9.48. The number of morpholine rings is 1. The lowest BCUT2D eigenvalue weighted by molar-refractivity contribution is 0.0334. The summed E-state index contributed by atoms with van der Waals surface area (Å²) in [7, 11) is 0. The molecular formula is C21H26N2O3. The van der Waals surface area contributed by atoms with Crippen molar-refractivity contribution in [1.82, 2.24) is 10.2 Å². The number of hydrogen-bond acceptors (Lipinski definition) is 4. The zero-order valence-electron chi connectivity index (χ0n) is 14.9. The largest absolute Gasteiger partial charge is 0.478 e. The highest BCUT2D eigenvalue weighted by Gasteiger charge is 2.17. The minimum absolute atomic E-state index is 0.295. The fourth-order valence-corrected chi connectivity index (χ4v) is 3.27. The zero-order chi connectivity index (χ0) is 18.2. The van der Waals surface area contributed by atoms with Gasteiger partial charge in [0, 0.05) is 32.2 Å². The summed E-state index contributed by atoms with van der Waals surface area (Å²) in [4.78, 5) is 13.6. The Morgan fingerprint density at radius 2 is 1.81 bits per heavy atom. The molecule has 0 aromatic heterocycles. The molecule has 1 fully saturated rings. The summed E-state index contributed by atoms with van der Waals surface area (Å²) in [6.45, 7) is 5.11. The van der Waals surface area contributed by atoms with Crippen molar-refractivity contribution in [2.24, 2.45) is 0 Å². The lowest BCUT2D eigenvalue weighted by Crippen LogP contribution is -2.46. The van der Waals surface area contributed by atoms with Gasteiger partial charge in [-0.25, -0.2) is 4.79 Å². The molecule has 1 atom stereocenters. The minimum Gasteiger partial charge on any atom is -0.478 e. The molecule has 1 aliphatic rings. The van der Waals surface area contributed by atoms with Gasteiger partial charge in [0.15, 0.2) is 0 Å². The molecule has 0 amide bonds. The molecule has 1 saturated heterocycles. The molecule has 138 valence electrons. The van der Waals surface area contributed by atoms with Crippen LogP contribution in [0.4, 0.5) is 0 Å². The van der Waals surface area contributed by atoms with Crippen LogP contribution in [0.25, 0.3) is 0 Å². The first kappa shape index (κ1) is 18.6. The second-order valence-corrected chi connectivity index (χ2v) is 6.69. The van der Waals surface area contributed by atoms with Crippen LogP contribution in [0.5, 0.6) is 0 Å². The average Bonchev–Trinajstić information content (AvgIpc) is 2.68. The lowest BCUT2D eigenvalue weighted by Gasteiger charge is -2.31. The van der Waals surface area contributed by atoms with Gasteiger partial charge in [0.25, 0.3) is 0 Å². The van der Waals surface area contributed by atoms with Gasteiger partial charge in [-0.15, -0.1) is 0 Å². The molecule has 2 N–H and O–H groups in total. The summed E-state index contributed by atoms with van der Waals surface area (Å²) in [5.74, 6) is -0.888. The van der Waals surface area contributed by atoms with Crippen LogP contribution in [0.15, 0.2) is 54.6 Å². The van der Waals surface area contributed by atoms with Crippen molar-refractivity contribution in [1.29, 1.82) is 0 Å². The summed E-state index contributed by atoms with van der Waals surface area (Å²) in [6, 6.07) is 17.9. The molecule has 0 spiro atoms. The van der Waals surface area contributed by atoms with E-state index in [0.29, 0.717) is 18.2 Å². The van der Waals surface area contributed by atoms with Crippen LogP contribution >= 0.6 is 0 Å². The monoisotopic (exact) mass is 354 g/mol. The summed E-state index contributed by atoms with van der Waals surface area (Å²) < 4.78 is 5.45. The fraction of sp³-hybridized carbons (Fsp3) is 0.381. The third-order valence-corrected chi connectivity index (χ3v) is 4.68.